The van der Waals surface area contributed by atoms with Crippen LogP contribution in [-0.2, 0) is 6.42 Å². The lowest BCUT2D eigenvalue weighted by atomic mass is 9.89. The van der Waals surface area contributed by atoms with E-state index in [1.165, 1.54) is 11.1 Å². The van der Waals surface area contributed by atoms with Gasteiger partial charge >= 0.3 is 0 Å². The molecule has 0 amide bonds. The molecule has 2 atom stereocenters. The fourth-order valence-electron chi connectivity index (χ4n) is 1.85. The van der Waals surface area contributed by atoms with Gasteiger partial charge in [-0.25, -0.2) is 0 Å². The maximum absolute atomic E-state index is 5.70. The summed E-state index contributed by atoms with van der Waals surface area (Å²) in [5.41, 5.74) is 8.26. The zero-order valence-corrected chi connectivity index (χ0v) is 10.8. The number of methoxy groups -OCH3 is 1. The maximum Gasteiger partial charge on any atom is 0.122 e. The Balaban J connectivity index is 2.82. The average Bonchev–Trinajstić information content (AvgIpc) is 2.28. The smallest absolute Gasteiger partial charge is 0.122 e. The van der Waals surface area contributed by atoms with Crippen molar-refractivity contribution in [2.24, 2.45) is 17.6 Å². The average molecular weight is 221 g/mol. The van der Waals surface area contributed by atoms with Crippen LogP contribution >= 0.6 is 0 Å². The van der Waals surface area contributed by atoms with Crippen molar-refractivity contribution in [1.82, 2.24) is 0 Å². The number of nitrogens with two attached hydrogens (primary N) is 1. The highest BCUT2D eigenvalue weighted by Gasteiger charge is 2.13. The second kappa shape index (κ2) is 5.90. The third-order valence-electron chi connectivity index (χ3n) is 3.32. The Morgan fingerprint density at radius 2 is 1.94 bits per heavy atom. The third-order valence-corrected chi connectivity index (χ3v) is 3.32. The topological polar surface area (TPSA) is 35.2 Å². The van der Waals surface area contributed by atoms with Crippen LogP contribution in [0.2, 0.25) is 0 Å². The lowest BCUT2D eigenvalue weighted by Crippen LogP contribution is -2.20. The second-order valence-corrected chi connectivity index (χ2v) is 4.71. The van der Waals surface area contributed by atoms with Gasteiger partial charge in [0.1, 0.15) is 5.75 Å². The molecular weight excluding hydrogens is 198 g/mol. The first-order chi connectivity index (χ1) is 7.58. The number of aryl methyl sites for hydroxylation is 1. The van der Waals surface area contributed by atoms with E-state index in [2.05, 4.69) is 32.9 Å². The summed E-state index contributed by atoms with van der Waals surface area (Å²) in [5.74, 6) is 2.12. The van der Waals surface area contributed by atoms with Gasteiger partial charge in [0.05, 0.1) is 7.11 Å². The van der Waals surface area contributed by atoms with E-state index in [1.807, 2.05) is 6.07 Å². The molecule has 0 aromatic heterocycles. The Labute approximate surface area is 98.8 Å². The zero-order valence-electron chi connectivity index (χ0n) is 10.8. The van der Waals surface area contributed by atoms with E-state index in [9.17, 15) is 0 Å². The molecule has 0 spiro atoms. The molecule has 90 valence electrons. The van der Waals surface area contributed by atoms with Crippen molar-refractivity contribution in [3.63, 3.8) is 0 Å². The van der Waals surface area contributed by atoms with Crippen molar-refractivity contribution in [1.29, 1.82) is 0 Å². The van der Waals surface area contributed by atoms with E-state index in [0.717, 1.165) is 18.7 Å². The van der Waals surface area contributed by atoms with E-state index in [4.69, 9.17) is 10.5 Å². The summed E-state index contributed by atoms with van der Waals surface area (Å²) in [6, 6.07) is 6.34. The molecule has 0 fully saturated rings. The minimum absolute atomic E-state index is 0.546. The van der Waals surface area contributed by atoms with Crippen molar-refractivity contribution in [2.75, 3.05) is 13.7 Å². The number of benzene rings is 1. The van der Waals surface area contributed by atoms with Crippen LogP contribution < -0.4 is 10.5 Å². The van der Waals surface area contributed by atoms with Gasteiger partial charge in [-0.1, -0.05) is 31.5 Å². The Hall–Kier alpha value is -1.02. The monoisotopic (exact) mass is 221 g/mol. The van der Waals surface area contributed by atoms with E-state index in [0.29, 0.717) is 11.8 Å². The molecule has 0 heterocycles. The van der Waals surface area contributed by atoms with Gasteiger partial charge < -0.3 is 10.5 Å². The molecule has 1 rings (SSSR count). The number of hydrogen-bond acceptors (Lipinski definition) is 2. The van der Waals surface area contributed by atoms with Crippen molar-refractivity contribution in [3.8, 4) is 5.75 Å². The molecule has 2 heteroatoms. The quantitative estimate of drug-likeness (QED) is 0.829. The number of ether oxygens (including phenoxy) is 1. The highest BCUT2D eigenvalue weighted by atomic mass is 16.5. The SMILES string of the molecule is COc1ccc(C)cc1CC(C)C(C)CN. The Morgan fingerprint density at radius 1 is 1.25 bits per heavy atom. The van der Waals surface area contributed by atoms with Gasteiger partial charge in [-0.2, -0.15) is 0 Å². The number of hydrogen-bond donors (Lipinski definition) is 1. The summed E-state index contributed by atoms with van der Waals surface area (Å²) in [5, 5.41) is 0. The molecule has 2 nitrogen and oxygen atoms in total. The molecule has 0 saturated heterocycles. The molecule has 16 heavy (non-hydrogen) atoms. The first-order valence-electron chi connectivity index (χ1n) is 5.92. The Morgan fingerprint density at radius 3 is 2.50 bits per heavy atom. The molecule has 0 aliphatic rings. The van der Waals surface area contributed by atoms with Gasteiger partial charge in [-0.3, -0.25) is 0 Å². The number of rotatable bonds is 5. The molecular formula is C14H23NO. The van der Waals surface area contributed by atoms with E-state index in [1.54, 1.807) is 7.11 Å². The van der Waals surface area contributed by atoms with E-state index < -0.39 is 0 Å². The lowest BCUT2D eigenvalue weighted by molar-refractivity contribution is 0.375. The van der Waals surface area contributed by atoms with Crippen molar-refractivity contribution in [2.45, 2.75) is 27.2 Å². The summed E-state index contributed by atoms with van der Waals surface area (Å²) in [6.45, 7) is 7.31. The molecule has 0 radical (unpaired) electrons. The summed E-state index contributed by atoms with van der Waals surface area (Å²) < 4.78 is 5.38. The standard InChI is InChI=1S/C14H23NO/c1-10-5-6-14(16-4)13(7-10)8-11(2)12(3)9-15/h5-7,11-12H,8-9,15H2,1-4H3. The molecule has 2 unspecified atom stereocenters. The Kier molecular flexibility index (Phi) is 4.81. The van der Waals surface area contributed by atoms with Crippen LogP contribution in [-0.4, -0.2) is 13.7 Å². The minimum Gasteiger partial charge on any atom is -0.496 e. The van der Waals surface area contributed by atoms with E-state index in [-0.39, 0.29) is 0 Å². The second-order valence-electron chi connectivity index (χ2n) is 4.71. The fourth-order valence-corrected chi connectivity index (χ4v) is 1.85. The highest BCUT2D eigenvalue weighted by Crippen LogP contribution is 2.25. The van der Waals surface area contributed by atoms with Crippen LogP contribution in [0.15, 0.2) is 18.2 Å². The molecule has 1 aromatic rings. The van der Waals surface area contributed by atoms with Gasteiger partial charge in [0.15, 0.2) is 0 Å². The predicted octanol–water partition coefficient (Wildman–Crippen LogP) is 2.78. The normalized spacial score (nSPS) is 14.6. The largest absolute Gasteiger partial charge is 0.496 e. The first kappa shape index (κ1) is 13.0. The van der Waals surface area contributed by atoms with Crippen LogP contribution in [0.3, 0.4) is 0 Å². The van der Waals surface area contributed by atoms with Crippen molar-refractivity contribution < 1.29 is 4.74 Å². The van der Waals surface area contributed by atoms with Gasteiger partial charge in [0.2, 0.25) is 0 Å². The highest BCUT2D eigenvalue weighted by molar-refractivity contribution is 5.37. The summed E-state index contributed by atoms with van der Waals surface area (Å²) in [6.07, 6.45) is 1.03. The molecule has 0 aliphatic carbocycles. The molecule has 2 N–H and O–H groups in total. The van der Waals surface area contributed by atoms with E-state index >= 15 is 0 Å². The van der Waals surface area contributed by atoms with Gasteiger partial charge in [-0.05, 0) is 43.4 Å². The van der Waals surface area contributed by atoms with Crippen LogP contribution in [0.4, 0.5) is 0 Å². The third kappa shape index (κ3) is 3.24. The summed E-state index contributed by atoms with van der Waals surface area (Å²) >= 11 is 0. The van der Waals surface area contributed by atoms with Crippen molar-refractivity contribution in [3.05, 3.63) is 29.3 Å². The maximum atomic E-state index is 5.70. The van der Waals surface area contributed by atoms with Crippen LogP contribution in [0.5, 0.6) is 5.75 Å². The van der Waals surface area contributed by atoms with Gasteiger partial charge in [0, 0.05) is 0 Å². The summed E-state index contributed by atoms with van der Waals surface area (Å²) in [4.78, 5) is 0. The summed E-state index contributed by atoms with van der Waals surface area (Å²) in [7, 11) is 1.73. The van der Waals surface area contributed by atoms with Crippen LogP contribution in [0.1, 0.15) is 25.0 Å². The Bertz CT molecular complexity index is 336. The minimum atomic E-state index is 0.546. The van der Waals surface area contributed by atoms with Crippen LogP contribution in [0, 0.1) is 18.8 Å². The molecule has 0 bridgehead atoms. The fraction of sp³-hybridized carbons (Fsp3) is 0.571. The lowest BCUT2D eigenvalue weighted by Gasteiger charge is -2.19. The molecule has 0 saturated carbocycles. The zero-order chi connectivity index (χ0) is 12.1. The predicted molar refractivity (Wildman–Crippen MR) is 68.8 cm³/mol. The van der Waals surface area contributed by atoms with Crippen LogP contribution in [0.25, 0.3) is 0 Å². The first-order valence-corrected chi connectivity index (χ1v) is 5.92. The van der Waals surface area contributed by atoms with Crippen molar-refractivity contribution >= 4 is 0 Å². The molecule has 0 aliphatic heterocycles. The van der Waals surface area contributed by atoms with Gasteiger partial charge in [0.25, 0.3) is 0 Å². The molecule has 1 aromatic carbocycles. The van der Waals surface area contributed by atoms with Gasteiger partial charge in [-0.15, -0.1) is 0 Å².